The topological polar surface area (TPSA) is 29.9 Å². The van der Waals surface area contributed by atoms with E-state index in [-0.39, 0.29) is 0 Å². The number of aryl methyl sites for hydroxylation is 1. The number of para-hydroxylation sites is 1. The number of hydrogen-bond donors (Lipinski definition) is 1. The Bertz CT molecular complexity index is 421. The number of rotatable bonds is 0. The molecule has 0 fully saturated rings. The Balaban J connectivity index is 2.89. The van der Waals surface area contributed by atoms with Crippen LogP contribution in [0.5, 0.6) is 0 Å². The van der Waals surface area contributed by atoms with Crippen molar-refractivity contribution < 1.29 is 4.68 Å². The fourth-order valence-corrected chi connectivity index (χ4v) is 1.42. The van der Waals surface area contributed by atoms with Crippen molar-refractivity contribution in [2.75, 3.05) is 5.84 Å². The Morgan fingerprint density at radius 3 is 2.83 bits per heavy atom. The van der Waals surface area contributed by atoms with E-state index in [0.29, 0.717) is 0 Å². The second kappa shape index (κ2) is 2.48. The number of pyridine rings is 1. The molecule has 2 N–H and O–H groups in total. The maximum atomic E-state index is 5.77. The molecule has 12 heavy (non-hydrogen) atoms. The summed E-state index contributed by atoms with van der Waals surface area (Å²) in [6.07, 6.45) is 1.92. The highest BCUT2D eigenvalue weighted by Gasteiger charge is 2.04. The average Bonchev–Trinajstić information content (AvgIpc) is 2.04. The van der Waals surface area contributed by atoms with Crippen LogP contribution in [0.2, 0.25) is 0 Å². The fourth-order valence-electron chi connectivity index (χ4n) is 1.42. The second-order valence-electron chi connectivity index (χ2n) is 2.98. The predicted octanol–water partition coefficient (Wildman–Crippen LogP) is 1.15. The Labute approximate surface area is 71.2 Å². The van der Waals surface area contributed by atoms with E-state index in [1.54, 1.807) is 4.68 Å². The monoisotopic (exact) mass is 159 g/mol. The number of benzene rings is 1. The van der Waals surface area contributed by atoms with Crippen molar-refractivity contribution in [1.29, 1.82) is 0 Å². The summed E-state index contributed by atoms with van der Waals surface area (Å²) in [6, 6.07) is 10.2. The van der Waals surface area contributed by atoms with Gasteiger partial charge in [-0.05, 0) is 19.1 Å². The first-order valence-electron chi connectivity index (χ1n) is 3.93. The third kappa shape index (κ3) is 1.01. The molecular weight excluding hydrogens is 148 g/mol. The Hall–Kier alpha value is -1.57. The highest BCUT2D eigenvalue weighted by atomic mass is 15.3. The average molecular weight is 159 g/mol. The molecule has 2 rings (SSSR count). The molecule has 0 unspecified atom stereocenters. The molecule has 0 amide bonds. The molecule has 60 valence electrons. The standard InChI is InChI=1S/C10H11N2/c1-8-6-9-4-2-3-5-10(9)12(11)7-8/h2-7H,11H2,1H3/q+1. The molecule has 0 spiro atoms. The van der Waals surface area contributed by atoms with E-state index in [2.05, 4.69) is 12.1 Å². The molecule has 2 heteroatoms. The number of hydrogen-bond acceptors (Lipinski definition) is 1. The molecule has 0 radical (unpaired) electrons. The summed E-state index contributed by atoms with van der Waals surface area (Å²) >= 11 is 0. The molecule has 0 atom stereocenters. The van der Waals surface area contributed by atoms with Gasteiger partial charge in [0.05, 0.1) is 0 Å². The van der Waals surface area contributed by atoms with Crippen LogP contribution in [0.25, 0.3) is 10.9 Å². The predicted molar refractivity (Wildman–Crippen MR) is 49.0 cm³/mol. The molecule has 0 bridgehead atoms. The van der Waals surface area contributed by atoms with E-state index in [9.17, 15) is 0 Å². The van der Waals surface area contributed by atoms with Crippen LogP contribution in [0.1, 0.15) is 5.56 Å². The van der Waals surface area contributed by atoms with Crippen molar-refractivity contribution in [3.8, 4) is 0 Å². The highest BCUT2D eigenvalue weighted by molar-refractivity contribution is 5.75. The summed E-state index contributed by atoms with van der Waals surface area (Å²) in [5, 5.41) is 1.18. The third-order valence-electron chi connectivity index (χ3n) is 1.94. The molecule has 1 aromatic heterocycles. The highest BCUT2D eigenvalue weighted by Crippen LogP contribution is 2.09. The molecule has 2 nitrogen and oxygen atoms in total. The lowest BCUT2D eigenvalue weighted by molar-refractivity contribution is -0.611. The summed E-state index contributed by atoms with van der Waals surface area (Å²) in [4.78, 5) is 0. The zero-order valence-electron chi connectivity index (χ0n) is 6.99. The van der Waals surface area contributed by atoms with Gasteiger partial charge in [-0.1, -0.05) is 16.8 Å². The van der Waals surface area contributed by atoms with Crippen LogP contribution >= 0.6 is 0 Å². The minimum Gasteiger partial charge on any atom is -0.205 e. The summed E-state index contributed by atoms with van der Waals surface area (Å²) in [7, 11) is 0. The first-order valence-corrected chi connectivity index (χ1v) is 3.93. The number of nitrogens with two attached hydrogens (primary N) is 1. The summed E-state index contributed by atoms with van der Waals surface area (Å²) in [5.41, 5.74) is 2.24. The summed E-state index contributed by atoms with van der Waals surface area (Å²) in [6.45, 7) is 2.04. The lowest BCUT2D eigenvalue weighted by Gasteiger charge is -1.95. The largest absolute Gasteiger partial charge is 0.242 e. The third-order valence-corrected chi connectivity index (χ3v) is 1.94. The zero-order chi connectivity index (χ0) is 8.55. The molecular formula is C10H11N2+. The van der Waals surface area contributed by atoms with Gasteiger partial charge >= 0.3 is 0 Å². The van der Waals surface area contributed by atoms with Gasteiger partial charge in [0.2, 0.25) is 11.7 Å². The van der Waals surface area contributed by atoms with E-state index < -0.39 is 0 Å². The quantitative estimate of drug-likeness (QED) is 0.453. The molecule has 0 aliphatic rings. The van der Waals surface area contributed by atoms with Gasteiger partial charge in [0.1, 0.15) is 0 Å². The van der Waals surface area contributed by atoms with Gasteiger partial charge in [0, 0.05) is 17.0 Å². The van der Waals surface area contributed by atoms with Gasteiger partial charge in [-0.2, -0.15) is 0 Å². The zero-order valence-corrected chi connectivity index (χ0v) is 6.99. The Morgan fingerprint density at radius 1 is 1.25 bits per heavy atom. The van der Waals surface area contributed by atoms with Crippen molar-refractivity contribution in [3.05, 3.63) is 42.1 Å². The van der Waals surface area contributed by atoms with E-state index >= 15 is 0 Å². The van der Waals surface area contributed by atoms with Gasteiger partial charge in [-0.25, -0.2) is 5.84 Å². The maximum Gasteiger partial charge on any atom is 0.242 e. The Morgan fingerprint density at radius 2 is 2.00 bits per heavy atom. The van der Waals surface area contributed by atoms with Crippen molar-refractivity contribution >= 4 is 10.9 Å². The first kappa shape index (κ1) is 7.10. The van der Waals surface area contributed by atoms with Gasteiger partial charge in [-0.3, -0.25) is 0 Å². The molecule has 0 aliphatic heterocycles. The molecule has 1 heterocycles. The maximum absolute atomic E-state index is 5.77. The molecule has 0 aliphatic carbocycles. The van der Waals surface area contributed by atoms with E-state index in [1.807, 2.05) is 31.3 Å². The van der Waals surface area contributed by atoms with Crippen LogP contribution in [0.15, 0.2) is 36.5 Å². The van der Waals surface area contributed by atoms with E-state index in [1.165, 1.54) is 10.9 Å². The lowest BCUT2D eigenvalue weighted by Crippen LogP contribution is -2.44. The molecule has 1 aromatic carbocycles. The molecule has 2 aromatic rings. The minimum atomic E-state index is 1.06. The van der Waals surface area contributed by atoms with Gasteiger partial charge < -0.3 is 0 Å². The van der Waals surface area contributed by atoms with Crippen LogP contribution < -0.4 is 10.5 Å². The lowest BCUT2D eigenvalue weighted by atomic mass is 10.2. The van der Waals surface area contributed by atoms with E-state index in [4.69, 9.17) is 5.84 Å². The minimum absolute atomic E-state index is 1.06. The number of fused-ring (bicyclic) bond motifs is 1. The van der Waals surface area contributed by atoms with Crippen LogP contribution in [0.4, 0.5) is 0 Å². The number of nitrogens with zero attached hydrogens (tertiary/aromatic N) is 1. The van der Waals surface area contributed by atoms with Crippen molar-refractivity contribution in [2.24, 2.45) is 0 Å². The van der Waals surface area contributed by atoms with Crippen LogP contribution in [-0.2, 0) is 0 Å². The van der Waals surface area contributed by atoms with Crippen molar-refractivity contribution in [3.63, 3.8) is 0 Å². The first-order chi connectivity index (χ1) is 5.77. The summed E-state index contributed by atoms with van der Waals surface area (Å²) in [5.74, 6) is 5.77. The van der Waals surface area contributed by atoms with Gasteiger partial charge in [-0.15, -0.1) is 0 Å². The van der Waals surface area contributed by atoms with Crippen LogP contribution in [0, 0.1) is 6.92 Å². The fraction of sp³-hybridized carbons (Fsp3) is 0.100. The smallest absolute Gasteiger partial charge is 0.205 e. The molecule has 0 saturated carbocycles. The number of nitrogen functional groups attached to an aromatic ring is 1. The van der Waals surface area contributed by atoms with Crippen molar-refractivity contribution in [1.82, 2.24) is 0 Å². The van der Waals surface area contributed by atoms with Gasteiger partial charge in [0.25, 0.3) is 0 Å². The second-order valence-corrected chi connectivity index (χ2v) is 2.98. The van der Waals surface area contributed by atoms with Crippen LogP contribution in [-0.4, -0.2) is 0 Å². The Kier molecular flexibility index (Phi) is 1.47. The summed E-state index contributed by atoms with van der Waals surface area (Å²) < 4.78 is 1.66. The van der Waals surface area contributed by atoms with Gasteiger partial charge in [0.15, 0.2) is 0 Å². The van der Waals surface area contributed by atoms with Crippen molar-refractivity contribution in [2.45, 2.75) is 6.92 Å². The SMILES string of the molecule is Cc1cc2ccccc2[n+](N)c1. The normalized spacial score (nSPS) is 10.4. The molecule has 0 saturated heterocycles. The van der Waals surface area contributed by atoms with Crippen LogP contribution in [0.3, 0.4) is 0 Å². The van der Waals surface area contributed by atoms with E-state index in [0.717, 1.165) is 5.52 Å². The number of aromatic nitrogens is 1.